The van der Waals surface area contributed by atoms with Gasteiger partial charge in [0.1, 0.15) is 10.8 Å². The smallest absolute Gasteiger partial charge is 0.219 e. The summed E-state index contributed by atoms with van der Waals surface area (Å²) in [5.74, 6) is -1.03. The van der Waals surface area contributed by atoms with Gasteiger partial charge in [0.05, 0.1) is 11.9 Å². The topological polar surface area (TPSA) is 112 Å². The van der Waals surface area contributed by atoms with Crippen LogP contribution in [0.15, 0.2) is 67.3 Å². The highest BCUT2D eigenvalue weighted by atomic mass is 35.5. The number of halogens is 2. The molecule has 0 aliphatic carbocycles. The van der Waals surface area contributed by atoms with Gasteiger partial charge < -0.3 is 11.5 Å². The van der Waals surface area contributed by atoms with Crippen molar-refractivity contribution in [2.75, 3.05) is 0 Å². The molecule has 0 saturated heterocycles. The first-order valence-corrected chi connectivity index (χ1v) is 10.5. The molecule has 0 bridgehead atoms. The van der Waals surface area contributed by atoms with Gasteiger partial charge in [0.25, 0.3) is 0 Å². The Morgan fingerprint density at radius 2 is 1.94 bits per heavy atom. The third kappa shape index (κ3) is 4.29. The van der Waals surface area contributed by atoms with Crippen LogP contribution in [0.2, 0.25) is 0 Å². The number of aryl methyl sites for hydroxylation is 1. The average molecular weight is 455 g/mol. The van der Waals surface area contributed by atoms with Crippen LogP contribution >= 0.6 is 11.6 Å². The number of carbonyl (C=O) groups excluding carboxylic acids is 1. The van der Waals surface area contributed by atoms with Crippen molar-refractivity contribution >= 4 is 23.1 Å². The van der Waals surface area contributed by atoms with Crippen LogP contribution in [0.4, 0.5) is 4.39 Å². The van der Waals surface area contributed by atoms with Crippen molar-refractivity contribution in [2.45, 2.75) is 36.5 Å². The molecule has 1 aromatic carbocycles. The van der Waals surface area contributed by atoms with E-state index in [0.717, 1.165) is 16.7 Å². The number of nitrogens with one attached hydrogen (secondary N) is 1. The maximum Gasteiger partial charge on any atom is 0.219 e. The summed E-state index contributed by atoms with van der Waals surface area (Å²) in [5, 5.41) is 7.72. The summed E-state index contributed by atoms with van der Waals surface area (Å²) in [4.78, 5) is 14.0. The summed E-state index contributed by atoms with van der Waals surface area (Å²) < 4.78 is 15.3. The summed E-state index contributed by atoms with van der Waals surface area (Å²) in [7, 11) is 0. The Hall–Kier alpha value is -3.07. The highest BCUT2D eigenvalue weighted by Gasteiger charge is 2.47. The first-order chi connectivity index (χ1) is 15.2. The normalized spacial score (nSPS) is 25.4. The lowest BCUT2D eigenvalue weighted by Gasteiger charge is -2.47. The fraction of sp³-hybridized carbons (Fsp3) is 0.261. The summed E-state index contributed by atoms with van der Waals surface area (Å²) in [5.41, 5.74) is 14.2. The second-order valence-corrected chi connectivity index (χ2v) is 8.69. The highest BCUT2D eigenvalue weighted by molar-refractivity contribution is 6.30. The lowest BCUT2D eigenvalue weighted by molar-refractivity contribution is -0.118. The number of rotatable bonds is 6. The molecule has 166 valence electrons. The van der Waals surface area contributed by atoms with Crippen molar-refractivity contribution < 1.29 is 9.18 Å². The van der Waals surface area contributed by atoms with Gasteiger partial charge in [-0.1, -0.05) is 29.8 Å². The van der Waals surface area contributed by atoms with Gasteiger partial charge in [-0.2, -0.15) is 5.10 Å². The van der Waals surface area contributed by atoms with E-state index < -0.39 is 16.6 Å². The minimum Gasteiger partial charge on any atom is -0.370 e. The minimum absolute atomic E-state index is 0.192. The SMILES string of the molecule is CC1(N)NC(Cl)(c2ccc(F)cc2)C(c2ccncc2)=CC1c1cnn(CCC(N)=O)c1. The maximum absolute atomic E-state index is 13.6. The molecular formula is C23H24ClFN6O. The number of carbonyl (C=O) groups is 1. The van der Waals surface area contributed by atoms with Gasteiger partial charge in [0, 0.05) is 43.0 Å². The standard InChI is InChI=1S/C23H24ClFN6O/c1-22(27)19(16-13-29-31(14-16)11-8-21(26)32)12-20(15-6-9-28-10-7-15)23(24,30-22)17-2-4-18(25)5-3-17/h2-7,9-10,12-14,19,30H,8,11,27H2,1H3,(H2,26,32). The van der Waals surface area contributed by atoms with Gasteiger partial charge in [-0.05, 0) is 47.9 Å². The number of primary amides is 1. The summed E-state index contributed by atoms with van der Waals surface area (Å²) in [6.45, 7) is 2.23. The molecule has 1 aliphatic heterocycles. The quantitative estimate of drug-likeness (QED) is 0.391. The molecule has 5 N–H and O–H groups in total. The predicted molar refractivity (Wildman–Crippen MR) is 121 cm³/mol. The van der Waals surface area contributed by atoms with E-state index in [-0.39, 0.29) is 18.2 Å². The third-order valence-corrected chi connectivity index (χ3v) is 6.14. The Morgan fingerprint density at radius 3 is 2.59 bits per heavy atom. The molecule has 4 rings (SSSR count). The van der Waals surface area contributed by atoms with E-state index in [9.17, 15) is 9.18 Å². The molecule has 9 heteroatoms. The van der Waals surface area contributed by atoms with Crippen LogP contribution in [0.5, 0.6) is 0 Å². The van der Waals surface area contributed by atoms with Crippen molar-refractivity contribution in [1.29, 1.82) is 0 Å². The molecule has 7 nitrogen and oxygen atoms in total. The van der Waals surface area contributed by atoms with Crippen molar-refractivity contribution in [3.05, 3.63) is 89.8 Å². The number of alkyl halides is 1. The van der Waals surface area contributed by atoms with Crippen LogP contribution in [0.1, 0.15) is 36.0 Å². The fourth-order valence-electron chi connectivity index (χ4n) is 4.03. The molecule has 3 unspecified atom stereocenters. The summed E-state index contributed by atoms with van der Waals surface area (Å²) in [6, 6.07) is 9.74. The molecule has 0 radical (unpaired) electrons. The van der Waals surface area contributed by atoms with E-state index in [4.69, 9.17) is 23.1 Å². The number of nitrogens with two attached hydrogens (primary N) is 2. The molecule has 1 aliphatic rings. The molecule has 0 saturated carbocycles. The van der Waals surface area contributed by atoms with Crippen LogP contribution in [-0.2, 0) is 16.3 Å². The Kier molecular flexibility index (Phi) is 5.85. The number of nitrogens with zero attached hydrogens (tertiary/aromatic N) is 3. The van der Waals surface area contributed by atoms with Gasteiger partial charge in [-0.3, -0.25) is 19.8 Å². The number of pyridine rings is 1. The molecule has 32 heavy (non-hydrogen) atoms. The monoisotopic (exact) mass is 454 g/mol. The third-order valence-electron chi connectivity index (χ3n) is 5.63. The van der Waals surface area contributed by atoms with Crippen LogP contribution < -0.4 is 16.8 Å². The zero-order valence-electron chi connectivity index (χ0n) is 17.5. The van der Waals surface area contributed by atoms with Crippen LogP contribution in [0, 0.1) is 5.82 Å². The van der Waals surface area contributed by atoms with Crippen molar-refractivity contribution in [1.82, 2.24) is 20.1 Å². The van der Waals surface area contributed by atoms with Gasteiger partial charge in [-0.25, -0.2) is 4.39 Å². The van der Waals surface area contributed by atoms with E-state index in [2.05, 4.69) is 15.4 Å². The largest absolute Gasteiger partial charge is 0.370 e. The number of benzene rings is 1. The first-order valence-electron chi connectivity index (χ1n) is 10.2. The van der Waals surface area contributed by atoms with Crippen LogP contribution in [0.25, 0.3) is 5.57 Å². The fourth-order valence-corrected chi connectivity index (χ4v) is 4.54. The molecule has 3 heterocycles. The van der Waals surface area contributed by atoms with Crippen molar-refractivity contribution in [2.24, 2.45) is 11.5 Å². The van der Waals surface area contributed by atoms with E-state index >= 15 is 0 Å². The summed E-state index contributed by atoms with van der Waals surface area (Å²) in [6.07, 6.45) is 9.14. The predicted octanol–water partition coefficient (Wildman–Crippen LogP) is 2.83. The second kappa shape index (κ2) is 8.46. The zero-order chi connectivity index (χ0) is 22.9. The Labute approximate surface area is 190 Å². The number of aromatic nitrogens is 3. The number of hydrogen-bond donors (Lipinski definition) is 3. The zero-order valence-corrected chi connectivity index (χ0v) is 18.3. The first kappa shape index (κ1) is 22.1. The van der Waals surface area contributed by atoms with Crippen LogP contribution in [-0.4, -0.2) is 26.3 Å². The lowest BCUT2D eigenvalue weighted by atomic mass is 9.78. The molecule has 0 fully saturated rings. The van der Waals surface area contributed by atoms with Gasteiger partial charge in [-0.15, -0.1) is 0 Å². The number of amides is 1. The van der Waals surface area contributed by atoms with Crippen molar-refractivity contribution in [3.8, 4) is 0 Å². The maximum atomic E-state index is 13.6. The Balaban J connectivity index is 1.81. The summed E-state index contributed by atoms with van der Waals surface area (Å²) >= 11 is 7.21. The Bertz CT molecular complexity index is 1140. The van der Waals surface area contributed by atoms with Crippen molar-refractivity contribution in [3.63, 3.8) is 0 Å². The van der Waals surface area contributed by atoms with E-state index in [1.165, 1.54) is 12.1 Å². The van der Waals surface area contributed by atoms with Gasteiger partial charge in [0.15, 0.2) is 0 Å². The molecule has 1 amide bonds. The van der Waals surface area contributed by atoms with Crippen LogP contribution in [0.3, 0.4) is 0 Å². The Morgan fingerprint density at radius 1 is 1.25 bits per heavy atom. The van der Waals surface area contributed by atoms with E-state index in [0.29, 0.717) is 12.1 Å². The number of hydrogen-bond acceptors (Lipinski definition) is 5. The molecule has 2 aromatic heterocycles. The molecule has 3 aromatic rings. The van der Waals surface area contributed by atoms with Gasteiger partial charge >= 0.3 is 0 Å². The second-order valence-electron chi connectivity index (χ2n) is 8.12. The lowest BCUT2D eigenvalue weighted by Crippen LogP contribution is -2.63. The molecule has 3 atom stereocenters. The molecule has 0 spiro atoms. The minimum atomic E-state index is -1.20. The van der Waals surface area contributed by atoms with E-state index in [1.54, 1.807) is 35.4 Å². The molecular weight excluding hydrogens is 431 g/mol. The average Bonchev–Trinajstić information content (AvgIpc) is 3.21. The van der Waals surface area contributed by atoms with E-state index in [1.807, 2.05) is 31.3 Å². The highest BCUT2D eigenvalue weighted by Crippen LogP contribution is 2.48. The van der Waals surface area contributed by atoms with Gasteiger partial charge in [0.2, 0.25) is 5.91 Å².